The molecule has 0 saturated carbocycles. The van der Waals surface area contributed by atoms with Gasteiger partial charge in [-0.15, -0.1) is 0 Å². The maximum atomic E-state index is 12.3. The molecule has 0 radical (unpaired) electrons. The second-order valence-electron chi connectivity index (χ2n) is 6.40. The number of pyridine rings is 1. The zero-order valence-corrected chi connectivity index (χ0v) is 13.7. The van der Waals surface area contributed by atoms with E-state index >= 15 is 0 Å². The van der Waals surface area contributed by atoms with Gasteiger partial charge in [0.15, 0.2) is 0 Å². The van der Waals surface area contributed by atoms with Crippen molar-refractivity contribution < 1.29 is 9.59 Å². The molecule has 4 rings (SSSR count). The van der Waals surface area contributed by atoms with Crippen LogP contribution in [-0.2, 0) is 17.6 Å². The summed E-state index contributed by atoms with van der Waals surface area (Å²) in [4.78, 5) is 27.5. The number of hydrazone groups is 1. The molecule has 2 aromatic rings. The van der Waals surface area contributed by atoms with Crippen LogP contribution in [0.2, 0.25) is 0 Å². The van der Waals surface area contributed by atoms with Gasteiger partial charge in [0.05, 0.1) is 11.3 Å². The molecule has 0 bridgehead atoms. The second kappa shape index (κ2) is 6.47. The number of hydrogen-bond donors (Lipinski definition) is 2. The maximum Gasteiger partial charge on any atom is 0.253 e. The van der Waals surface area contributed by atoms with E-state index in [2.05, 4.69) is 33.0 Å². The van der Waals surface area contributed by atoms with Crippen molar-refractivity contribution in [2.45, 2.75) is 31.7 Å². The summed E-state index contributed by atoms with van der Waals surface area (Å²) >= 11 is 0. The first-order valence-corrected chi connectivity index (χ1v) is 8.37. The van der Waals surface area contributed by atoms with E-state index in [1.807, 2.05) is 6.07 Å². The molecule has 126 valence electrons. The number of nitrogens with zero attached hydrogens (tertiary/aromatic N) is 2. The van der Waals surface area contributed by atoms with Crippen molar-refractivity contribution >= 4 is 17.5 Å². The minimum absolute atomic E-state index is 0.0388. The lowest BCUT2D eigenvalue weighted by Gasteiger charge is -2.13. The van der Waals surface area contributed by atoms with Crippen LogP contribution in [0.3, 0.4) is 0 Å². The average Bonchev–Trinajstić information content (AvgIpc) is 3.04. The minimum Gasteiger partial charge on any atom is -0.349 e. The quantitative estimate of drug-likeness (QED) is 0.894. The lowest BCUT2D eigenvalue weighted by molar-refractivity contribution is -0.121. The molecule has 6 heteroatoms. The standard InChI is InChI=1S/C19H18N4O2/c24-18-6-5-17(22-23-18)13-4-3-12-9-16(10-15(12)8-13)21-19(25)14-2-1-7-20-11-14/h1-4,7-8,11,16H,5-6,9-10H2,(H,21,25)(H,23,24). The van der Waals surface area contributed by atoms with E-state index in [0.29, 0.717) is 18.4 Å². The SMILES string of the molecule is O=C1CCC(c2ccc3c(c2)CC(NC(=O)c2cccnc2)C3)=NN1. The molecule has 0 spiro atoms. The molecule has 2 amide bonds. The molecule has 2 heterocycles. The Balaban J connectivity index is 1.46. The van der Waals surface area contributed by atoms with E-state index in [9.17, 15) is 9.59 Å². The maximum absolute atomic E-state index is 12.3. The summed E-state index contributed by atoms with van der Waals surface area (Å²) in [6.07, 6.45) is 5.98. The van der Waals surface area contributed by atoms with Gasteiger partial charge < -0.3 is 5.32 Å². The predicted molar refractivity (Wildman–Crippen MR) is 93.3 cm³/mol. The van der Waals surface area contributed by atoms with Crippen molar-refractivity contribution in [2.75, 3.05) is 0 Å². The van der Waals surface area contributed by atoms with Crippen molar-refractivity contribution in [2.24, 2.45) is 5.10 Å². The molecule has 1 aliphatic heterocycles. The van der Waals surface area contributed by atoms with E-state index < -0.39 is 0 Å². The molecular weight excluding hydrogens is 316 g/mol. The number of benzene rings is 1. The van der Waals surface area contributed by atoms with Gasteiger partial charge in [0, 0.05) is 31.3 Å². The molecule has 0 saturated heterocycles. The molecule has 1 atom stereocenters. The van der Waals surface area contributed by atoms with E-state index in [-0.39, 0.29) is 17.9 Å². The van der Waals surface area contributed by atoms with Gasteiger partial charge in [0.2, 0.25) is 5.91 Å². The summed E-state index contributed by atoms with van der Waals surface area (Å²) in [6, 6.07) is 9.88. The fourth-order valence-electron chi connectivity index (χ4n) is 3.35. The Bertz CT molecular complexity index is 861. The van der Waals surface area contributed by atoms with Crippen molar-refractivity contribution in [1.82, 2.24) is 15.7 Å². The number of rotatable bonds is 3. The van der Waals surface area contributed by atoms with Crippen molar-refractivity contribution in [1.29, 1.82) is 0 Å². The Kier molecular flexibility index (Phi) is 4.01. The summed E-state index contributed by atoms with van der Waals surface area (Å²) in [5.74, 6) is -0.131. The number of nitrogens with one attached hydrogen (secondary N) is 2. The van der Waals surface area contributed by atoms with Gasteiger partial charge in [-0.25, -0.2) is 5.43 Å². The molecule has 6 nitrogen and oxygen atoms in total. The monoisotopic (exact) mass is 334 g/mol. The Labute approximate surface area is 145 Å². The smallest absolute Gasteiger partial charge is 0.253 e. The number of hydrogen-bond acceptors (Lipinski definition) is 4. The largest absolute Gasteiger partial charge is 0.349 e. The van der Waals surface area contributed by atoms with Crippen LogP contribution in [0, 0.1) is 0 Å². The summed E-state index contributed by atoms with van der Waals surface area (Å²) in [5, 5.41) is 7.23. The van der Waals surface area contributed by atoms with Crippen LogP contribution in [0.25, 0.3) is 0 Å². The lowest BCUT2D eigenvalue weighted by atomic mass is 10.00. The normalized spacial score (nSPS) is 19.0. The highest BCUT2D eigenvalue weighted by Crippen LogP contribution is 2.25. The van der Waals surface area contributed by atoms with Gasteiger partial charge >= 0.3 is 0 Å². The van der Waals surface area contributed by atoms with Crippen LogP contribution < -0.4 is 10.7 Å². The number of amides is 2. The van der Waals surface area contributed by atoms with Crippen LogP contribution in [-0.4, -0.2) is 28.6 Å². The van der Waals surface area contributed by atoms with Crippen LogP contribution in [0.5, 0.6) is 0 Å². The van der Waals surface area contributed by atoms with Gasteiger partial charge in [-0.3, -0.25) is 14.6 Å². The number of aromatic nitrogens is 1. The molecule has 1 aliphatic carbocycles. The summed E-state index contributed by atoms with van der Waals surface area (Å²) in [6.45, 7) is 0. The minimum atomic E-state index is -0.0921. The van der Waals surface area contributed by atoms with Crippen molar-refractivity contribution in [3.63, 3.8) is 0 Å². The van der Waals surface area contributed by atoms with Crippen LogP contribution in [0.1, 0.15) is 39.9 Å². The topological polar surface area (TPSA) is 83.5 Å². The zero-order valence-electron chi connectivity index (χ0n) is 13.7. The third kappa shape index (κ3) is 3.28. The molecule has 0 fully saturated rings. The third-order valence-corrected chi connectivity index (χ3v) is 4.64. The molecule has 2 N–H and O–H groups in total. The number of carbonyl (C=O) groups excluding carboxylic acids is 2. The Hall–Kier alpha value is -3.02. The molecule has 1 aromatic heterocycles. The summed E-state index contributed by atoms with van der Waals surface area (Å²) in [5.41, 5.74) is 7.54. The van der Waals surface area contributed by atoms with Crippen molar-refractivity contribution in [3.05, 3.63) is 65.0 Å². The van der Waals surface area contributed by atoms with Crippen LogP contribution in [0.15, 0.2) is 47.8 Å². The number of carbonyl (C=O) groups is 2. The summed E-state index contributed by atoms with van der Waals surface area (Å²) < 4.78 is 0. The van der Waals surface area contributed by atoms with Gasteiger partial charge in [0.25, 0.3) is 5.91 Å². The summed E-state index contributed by atoms with van der Waals surface area (Å²) in [7, 11) is 0. The van der Waals surface area contributed by atoms with Gasteiger partial charge in [0.1, 0.15) is 0 Å². The number of fused-ring (bicyclic) bond motifs is 1. The van der Waals surface area contributed by atoms with Gasteiger partial charge in [-0.1, -0.05) is 12.1 Å². The Morgan fingerprint density at radius 1 is 1.16 bits per heavy atom. The fraction of sp³-hybridized carbons (Fsp3) is 0.263. The van der Waals surface area contributed by atoms with Gasteiger partial charge in [-0.2, -0.15) is 5.10 Å². The first kappa shape index (κ1) is 15.5. The predicted octanol–water partition coefficient (Wildman–Crippen LogP) is 1.59. The third-order valence-electron chi connectivity index (χ3n) is 4.64. The molecule has 2 aliphatic rings. The van der Waals surface area contributed by atoms with E-state index in [4.69, 9.17) is 0 Å². The Morgan fingerprint density at radius 3 is 2.80 bits per heavy atom. The highest BCUT2D eigenvalue weighted by Gasteiger charge is 2.24. The molecular formula is C19H18N4O2. The first-order chi connectivity index (χ1) is 12.2. The highest BCUT2D eigenvalue weighted by atomic mass is 16.2. The average molecular weight is 334 g/mol. The fourth-order valence-corrected chi connectivity index (χ4v) is 3.35. The first-order valence-electron chi connectivity index (χ1n) is 8.37. The van der Waals surface area contributed by atoms with E-state index in [1.54, 1.807) is 24.5 Å². The van der Waals surface area contributed by atoms with E-state index in [1.165, 1.54) is 11.1 Å². The molecule has 1 aromatic carbocycles. The molecule has 1 unspecified atom stereocenters. The van der Waals surface area contributed by atoms with Crippen molar-refractivity contribution in [3.8, 4) is 0 Å². The van der Waals surface area contributed by atoms with Crippen LogP contribution >= 0.6 is 0 Å². The zero-order chi connectivity index (χ0) is 17.2. The van der Waals surface area contributed by atoms with Gasteiger partial charge in [-0.05, 0) is 47.7 Å². The Morgan fingerprint density at radius 2 is 2.04 bits per heavy atom. The lowest BCUT2D eigenvalue weighted by Crippen LogP contribution is -2.35. The molecule has 25 heavy (non-hydrogen) atoms. The van der Waals surface area contributed by atoms with E-state index in [0.717, 1.165) is 24.1 Å². The highest BCUT2D eigenvalue weighted by molar-refractivity contribution is 6.04. The second-order valence-corrected chi connectivity index (χ2v) is 6.40. The van der Waals surface area contributed by atoms with Crippen LogP contribution in [0.4, 0.5) is 0 Å².